The van der Waals surface area contributed by atoms with E-state index >= 15 is 0 Å². The van der Waals surface area contributed by atoms with E-state index in [1.165, 1.54) is 87.6 Å². The van der Waals surface area contributed by atoms with Gasteiger partial charge in [-0.1, -0.05) is 141 Å². The fourth-order valence-corrected chi connectivity index (χ4v) is 5.66. The molecule has 2 saturated carbocycles. The summed E-state index contributed by atoms with van der Waals surface area (Å²) in [6, 6.07) is 16.3. The van der Waals surface area contributed by atoms with Crippen molar-refractivity contribution >= 4 is 0 Å². The summed E-state index contributed by atoms with van der Waals surface area (Å²) in [6.45, 7) is 26.1. The molecule has 0 aromatic heterocycles. The zero-order chi connectivity index (χ0) is 38.5. The van der Waals surface area contributed by atoms with Crippen LogP contribution >= 0.6 is 0 Å². The highest BCUT2D eigenvalue weighted by atomic mass is 19.1. The average molecular weight is 731 g/mol. The molecule has 0 N–H and O–H groups in total. The van der Waals surface area contributed by atoms with E-state index in [1.807, 2.05) is 19.9 Å². The van der Waals surface area contributed by atoms with Crippen LogP contribution < -0.4 is 0 Å². The highest BCUT2D eigenvalue weighted by molar-refractivity contribution is 5.24. The molecular weight excluding hydrogens is 654 g/mol. The van der Waals surface area contributed by atoms with Crippen molar-refractivity contribution in [3.63, 3.8) is 0 Å². The Hall–Kier alpha value is -2.63. The van der Waals surface area contributed by atoms with E-state index in [0.29, 0.717) is 17.0 Å². The summed E-state index contributed by atoms with van der Waals surface area (Å²) in [5.74, 6) is 3.59. The largest absolute Gasteiger partial charge is 0.353 e. The van der Waals surface area contributed by atoms with Crippen LogP contribution in [0.2, 0.25) is 0 Å². The zero-order valence-electron chi connectivity index (χ0n) is 34.2. The van der Waals surface area contributed by atoms with Crippen molar-refractivity contribution in [1.82, 2.24) is 0 Å². The SMILES string of the molecule is C.CC1CCC(C)CC1.CC1CCC(C)CC1.CC1COC(C)OC1.Cc1cc(F)c(C)c(F)c1.Cc1ccc(C)c(F)c1.Cc1ccc(C)cc1.[HH]. The smallest absolute Gasteiger partial charge is 0.154 e. The van der Waals surface area contributed by atoms with Gasteiger partial charge in [0.25, 0.3) is 0 Å². The van der Waals surface area contributed by atoms with E-state index in [0.717, 1.165) is 42.4 Å². The van der Waals surface area contributed by atoms with Gasteiger partial charge in [0.2, 0.25) is 0 Å². The molecule has 2 nitrogen and oxygen atoms in total. The van der Waals surface area contributed by atoms with Crippen LogP contribution in [0.15, 0.2) is 54.6 Å². The first kappa shape index (κ1) is 49.4. The molecule has 298 valence electrons. The Kier molecular flexibility index (Phi) is 25.7. The molecule has 1 saturated heterocycles. The minimum Gasteiger partial charge on any atom is -0.353 e. The lowest BCUT2D eigenvalue weighted by Gasteiger charge is -2.24. The van der Waals surface area contributed by atoms with E-state index in [9.17, 15) is 13.2 Å². The van der Waals surface area contributed by atoms with Gasteiger partial charge in [-0.05, 0) is 107 Å². The van der Waals surface area contributed by atoms with E-state index in [2.05, 4.69) is 72.7 Å². The number of rotatable bonds is 0. The zero-order valence-corrected chi connectivity index (χ0v) is 34.2. The number of halogens is 3. The number of aryl methyl sites for hydroxylation is 5. The number of hydrogen-bond acceptors (Lipinski definition) is 2. The van der Waals surface area contributed by atoms with Crippen molar-refractivity contribution in [2.24, 2.45) is 29.6 Å². The Morgan fingerprint density at radius 3 is 1.04 bits per heavy atom. The molecule has 0 spiro atoms. The Morgan fingerprint density at radius 2 is 0.750 bits per heavy atom. The van der Waals surface area contributed by atoms with Crippen molar-refractivity contribution in [2.45, 2.75) is 148 Å². The first-order chi connectivity index (χ1) is 24.0. The molecule has 5 heteroatoms. The molecule has 3 aliphatic rings. The van der Waals surface area contributed by atoms with Gasteiger partial charge in [-0.25, -0.2) is 13.2 Å². The summed E-state index contributed by atoms with van der Waals surface area (Å²) in [7, 11) is 0. The summed E-state index contributed by atoms with van der Waals surface area (Å²) < 4.78 is 48.1. The van der Waals surface area contributed by atoms with Crippen LogP contribution in [0.3, 0.4) is 0 Å². The van der Waals surface area contributed by atoms with E-state index in [4.69, 9.17) is 9.47 Å². The third-order valence-corrected chi connectivity index (χ3v) is 9.81. The van der Waals surface area contributed by atoms with Gasteiger partial charge in [0, 0.05) is 12.9 Å². The topological polar surface area (TPSA) is 18.5 Å². The molecule has 0 unspecified atom stereocenters. The molecule has 0 amide bonds. The van der Waals surface area contributed by atoms with Crippen LogP contribution in [0.25, 0.3) is 0 Å². The predicted octanol–water partition coefficient (Wildman–Crippen LogP) is 14.9. The third kappa shape index (κ3) is 23.1. The Bertz CT molecular complexity index is 1220. The predicted molar refractivity (Wildman–Crippen MR) is 221 cm³/mol. The summed E-state index contributed by atoms with van der Waals surface area (Å²) in [5.41, 5.74) is 5.04. The maximum Gasteiger partial charge on any atom is 0.154 e. The Labute approximate surface area is 319 Å². The lowest BCUT2D eigenvalue weighted by atomic mass is 9.84. The van der Waals surface area contributed by atoms with E-state index in [-0.39, 0.29) is 26.5 Å². The highest BCUT2D eigenvalue weighted by Crippen LogP contribution is 2.28. The minimum absolute atomic E-state index is 0. The maximum absolute atomic E-state index is 12.6. The molecule has 52 heavy (non-hydrogen) atoms. The maximum atomic E-state index is 12.6. The Morgan fingerprint density at radius 1 is 0.442 bits per heavy atom. The average Bonchev–Trinajstić information content (AvgIpc) is 3.09. The van der Waals surface area contributed by atoms with Crippen molar-refractivity contribution < 1.29 is 24.1 Å². The van der Waals surface area contributed by atoms with E-state index < -0.39 is 11.6 Å². The normalized spacial score (nSPS) is 23.4. The standard InChI is InChI=1S/C8H8F2.C8H9F.2C8H16.C8H10.C6H12O2.CH4.H2/c1-5-3-7(9)6(2)8(10)4-5;1-6-3-4-7(2)8(9)5-6;3*1-7-3-5-8(2)6-4-7;1-5-3-7-6(2)8-4-5;;/h3-4H,1-2H3;3-5H,1-2H3;2*7-8H,3-6H2,1-2H3;3-6H,1-2H3;5-6H,3-4H2,1-2H3;1H4;1H. The van der Waals surface area contributed by atoms with Gasteiger partial charge in [0.1, 0.15) is 17.5 Å². The molecule has 0 atom stereocenters. The van der Waals surface area contributed by atoms with E-state index in [1.54, 1.807) is 19.9 Å². The molecule has 3 aromatic rings. The van der Waals surface area contributed by atoms with Crippen LogP contribution in [-0.2, 0) is 9.47 Å². The monoisotopic (exact) mass is 731 g/mol. The van der Waals surface area contributed by atoms with Crippen LogP contribution in [0.1, 0.15) is 135 Å². The first-order valence-corrected chi connectivity index (χ1v) is 19.4. The van der Waals surface area contributed by atoms with Gasteiger partial charge in [0.15, 0.2) is 6.29 Å². The molecular formula is C47H77F3O2. The molecule has 0 bridgehead atoms. The number of benzene rings is 3. The quantitative estimate of drug-likeness (QED) is 0.229. The van der Waals surface area contributed by atoms with Crippen LogP contribution in [-0.4, -0.2) is 19.5 Å². The van der Waals surface area contributed by atoms with Gasteiger partial charge >= 0.3 is 0 Å². The van der Waals surface area contributed by atoms with Gasteiger partial charge < -0.3 is 9.47 Å². The summed E-state index contributed by atoms with van der Waals surface area (Å²) >= 11 is 0. The molecule has 2 aliphatic carbocycles. The van der Waals surface area contributed by atoms with Crippen molar-refractivity contribution in [2.75, 3.05) is 13.2 Å². The highest BCUT2D eigenvalue weighted by Gasteiger charge is 2.15. The second-order valence-electron chi connectivity index (χ2n) is 15.8. The molecule has 1 heterocycles. The summed E-state index contributed by atoms with van der Waals surface area (Å²) in [6.07, 6.45) is 11.8. The first-order valence-electron chi connectivity index (χ1n) is 19.4. The van der Waals surface area contributed by atoms with Crippen LogP contribution in [0, 0.1) is 88.6 Å². The van der Waals surface area contributed by atoms with Crippen molar-refractivity contribution in [3.8, 4) is 0 Å². The lowest BCUT2D eigenvalue weighted by Crippen LogP contribution is -2.27. The fourth-order valence-electron chi connectivity index (χ4n) is 5.66. The summed E-state index contributed by atoms with van der Waals surface area (Å²) in [4.78, 5) is 0. The van der Waals surface area contributed by atoms with Gasteiger partial charge in [-0.3, -0.25) is 0 Å². The number of hydrogen-bond donors (Lipinski definition) is 0. The number of ether oxygens (including phenoxy) is 2. The minimum atomic E-state index is -0.475. The van der Waals surface area contributed by atoms with Crippen LogP contribution in [0.5, 0.6) is 0 Å². The van der Waals surface area contributed by atoms with Gasteiger partial charge in [-0.15, -0.1) is 0 Å². The molecule has 3 fully saturated rings. The second kappa shape index (κ2) is 27.0. The van der Waals surface area contributed by atoms with Crippen molar-refractivity contribution in [3.05, 3.63) is 105 Å². The third-order valence-electron chi connectivity index (χ3n) is 9.81. The van der Waals surface area contributed by atoms with Crippen molar-refractivity contribution in [1.29, 1.82) is 0 Å². The Balaban J connectivity index is 0. The summed E-state index contributed by atoms with van der Waals surface area (Å²) in [5, 5.41) is 0. The molecule has 1 aliphatic heterocycles. The molecule has 3 aromatic carbocycles. The second-order valence-corrected chi connectivity index (χ2v) is 15.8. The van der Waals surface area contributed by atoms with Gasteiger partial charge in [0.05, 0.1) is 13.2 Å². The lowest BCUT2D eigenvalue weighted by molar-refractivity contribution is -0.187. The fraction of sp³-hybridized carbons (Fsp3) is 0.617. The molecule has 6 rings (SSSR count). The van der Waals surface area contributed by atoms with Crippen LogP contribution in [0.4, 0.5) is 13.2 Å². The van der Waals surface area contributed by atoms with Gasteiger partial charge in [-0.2, -0.15) is 0 Å². The molecule has 0 radical (unpaired) electrons.